The normalized spacial score (nSPS) is 14.0. The zero-order valence-corrected chi connectivity index (χ0v) is 17.4. The molecule has 2 aromatic carbocycles. The number of hydrogen-bond donors (Lipinski definition) is 1. The first kappa shape index (κ1) is 21.0. The quantitative estimate of drug-likeness (QED) is 0.659. The van der Waals surface area contributed by atoms with Gasteiger partial charge in [-0.3, -0.25) is 4.79 Å². The Hall–Kier alpha value is -2.73. The number of piperazine rings is 1. The molecule has 1 aliphatic heterocycles. The van der Waals surface area contributed by atoms with Gasteiger partial charge in [-0.1, -0.05) is 24.3 Å². The Bertz CT molecular complexity index is 774. The minimum atomic E-state index is 0.233. The second kappa shape index (κ2) is 10.7. The van der Waals surface area contributed by atoms with Gasteiger partial charge in [0, 0.05) is 44.8 Å². The summed E-state index contributed by atoms with van der Waals surface area (Å²) in [4.78, 5) is 16.8. The number of para-hydroxylation sites is 1. The summed E-state index contributed by atoms with van der Waals surface area (Å²) in [6, 6.07) is 16.4. The maximum absolute atomic E-state index is 12.5. The van der Waals surface area contributed by atoms with E-state index >= 15 is 0 Å². The summed E-state index contributed by atoms with van der Waals surface area (Å²) in [5.74, 6) is 1.72. The maximum Gasteiger partial charge on any atom is 0.223 e. The third kappa shape index (κ3) is 5.87. The smallest absolute Gasteiger partial charge is 0.223 e. The summed E-state index contributed by atoms with van der Waals surface area (Å²) in [7, 11) is 3.28. The van der Waals surface area contributed by atoms with Crippen molar-refractivity contribution in [2.45, 2.75) is 12.8 Å². The van der Waals surface area contributed by atoms with Crippen molar-refractivity contribution in [2.75, 3.05) is 58.4 Å². The summed E-state index contributed by atoms with van der Waals surface area (Å²) in [5.41, 5.74) is 2.41. The van der Waals surface area contributed by atoms with E-state index in [-0.39, 0.29) is 5.91 Å². The molecule has 0 spiro atoms. The van der Waals surface area contributed by atoms with Crippen LogP contribution < -0.4 is 19.7 Å². The van der Waals surface area contributed by atoms with E-state index in [1.807, 2.05) is 29.2 Å². The molecule has 0 saturated carbocycles. The molecule has 1 aliphatic rings. The number of rotatable bonds is 9. The molecule has 1 saturated heterocycles. The van der Waals surface area contributed by atoms with E-state index in [1.54, 1.807) is 14.2 Å². The fourth-order valence-electron chi connectivity index (χ4n) is 3.60. The van der Waals surface area contributed by atoms with Crippen molar-refractivity contribution in [1.82, 2.24) is 10.2 Å². The van der Waals surface area contributed by atoms with E-state index in [4.69, 9.17) is 9.47 Å². The number of nitrogens with one attached hydrogen (secondary N) is 1. The SMILES string of the molecule is COc1ccc(CCNCCC(=O)N2CCN(c3ccccc3)CC2)cc1OC. The Kier molecular flexibility index (Phi) is 7.76. The molecule has 2 aromatic rings. The first-order valence-corrected chi connectivity index (χ1v) is 10.2. The van der Waals surface area contributed by atoms with Gasteiger partial charge in [-0.25, -0.2) is 0 Å². The van der Waals surface area contributed by atoms with Crippen LogP contribution in [0.1, 0.15) is 12.0 Å². The summed E-state index contributed by atoms with van der Waals surface area (Å²) in [5, 5.41) is 3.37. The van der Waals surface area contributed by atoms with Crippen LogP contribution in [0.15, 0.2) is 48.5 Å². The topological polar surface area (TPSA) is 54.0 Å². The number of amides is 1. The molecule has 1 heterocycles. The number of anilines is 1. The van der Waals surface area contributed by atoms with Gasteiger partial charge in [0.1, 0.15) is 0 Å². The van der Waals surface area contributed by atoms with Crippen LogP contribution in [0.4, 0.5) is 5.69 Å². The maximum atomic E-state index is 12.5. The minimum Gasteiger partial charge on any atom is -0.493 e. The second-order valence-electron chi connectivity index (χ2n) is 7.14. The average molecular weight is 398 g/mol. The molecule has 0 bridgehead atoms. The number of ether oxygens (including phenoxy) is 2. The van der Waals surface area contributed by atoms with Crippen molar-refractivity contribution in [1.29, 1.82) is 0 Å². The summed E-state index contributed by atoms with van der Waals surface area (Å²) >= 11 is 0. The lowest BCUT2D eigenvalue weighted by Gasteiger charge is -2.36. The van der Waals surface area contributed by atoms with Crippen molar-refractivity contribution in [3.05, 3.63) is 54.1 Å². The van der Waals surface area contributed by atoms with Crippen molar-refractivity contribution < 1.29 is 14.3 Å². The highest BCUT2D eigenvalue weighted by Crippen LogP contribution is 2.27. The van der Waals surface area contributed by atoms with Crippen molar-refractivity contribution in [3.63, 3.8) is 0 Å². The molecule has 1 N–H and O–H groups in total. The molecule has 156 valence electrons. The van der Waals surface area contributed by atoms with Crippen LogP contribution >= 0.6 is 0 Å². The third-order valence-corrected chi connectivity index (χ3v) is 5.31. The average Bonchev–Trinajstić information content (AvgIpc) is 2.79. The molecule has 1 fully saturated rings. The van der Waals surface area contributed by atoms with Gasteiger partial charge in [0.25, 0.3) is 0 Å². The largest absolute Gasteiger partial charge is 0.493 e. The van der Waals surface area contributed by atoms with E-state index in [2.05, 4.69) is 34.5 Å². The number of carbonyl (C=O) groups excluding carboxylic acids is 1. The summed E-state index contributed by atoms with van der Waals surface area (Å²) < 4.78 is 10.6. The zero-order valence-electron chi connectivity index (χ0n) is 17.4. The van der Waals surface area contributed by atoms with Gasteiger partial charge in [-0.15, -0.1) is 0 Å². The van der Waals surface area contributed by atoms with E-state index in [0.717, 1.165) is 50.6 Å². The lowest BCUT2D eigenvalue weighted by molar-refractivity contribution is -0.131. The standard InChI is InChI=1S/C23H31N3O3/c1-28-21-9-8-19(18-22(21)29-2)10-12-24-13-11-23(27)26-16-14-25(15-17-26)20-6-4-3-5-7-20/h3-9,18,24H,10-17H2,1-2H3. The van der Waals surface area contributed by atoms with E-state index in [9.17, 15) is 4.79 Å². The Balaban J connectivity index is 1.33. The Morgan fingerprint density at radius 2 is 1.66 bits per heavy atom. The highest BCUT2D eigenvalue weighted by molar-refractivity contribution is 5.76. The van der Waals surface area contributed by atoms with Gasteiger partial charge >= 0.3 is 0 Å². The van der Waals surface area contributed by atoms with Crippen molar-refractivity contribution in [3.8, 4) is 11.5 Å². The van der Waals surface area contributed by atoms with Crippen LogP contribution in [0, 0.1) is 0 Å². The van der Waals surface area contributed by atoms with Crippen LogP contribution in [0.5, 0.6) is 11.5 Å². The molecule has 1 amide bonds. The fourth-order valence-corrected chi connectivity index (χ4v) is 3.60. The van der Waals surface area contributed by atoms with Gasteiger partial charge < -0.3 is 24.6 Å². The Morgan fingerprint density at radius 1 is 0.931 bits per heavy atom. The molecule has 0 radical (unpaired) electrons. The molecule has 6 nitrogen and oxygen atoms in total. The van der Waals surface area contributed by atoms with E-state index in [0.29, 0.717) is 13.0 Å². The van der Waals surface area contributed by atoms with Crippen LogP contribution in [0.3, 0.4) is 0 Å². The third-order valence-electron chi connectivity index (χ3n) is 5.31. The first-order chi connectivity index (χ1) is 14.2. The number of nitrogens with zero attached hydrogens (tertiary/aromatic N) is 2. The van der Waals surface area contributed by atoms with Gasteiger partial charge in [0.2, 0.25) is 5.91 Å². The molecular weight excluding hydrogens is 366 g/mol. The molecule has 0 aromatic heterocycles. The summed E-state index contributed by atoms with van der Waals surface area (Å²) in [6.45, 7) is 4.89. The molecule has 6 heteroatoms. The van der Waals surface area contributed by atoms with Gasteiger partial charge in [-0.05, 0) is 42.8 Å². The van der Waals surface area contributed by atoms with Gasteiger partial charge in [0.15, 0.2) is 11.5 Å². The number of benzene rings is 2. The van der Waals surface area contributed by atoms with Crippen LogP contribution in [0.2, 0.25) is 0 Å². The predicted octanol–water partition coefficient (Wildman–Crippen LogP) is 2.57. The highest BCUT2D eigenvalue weighted by Gasteiger charge is 2.20. The zero-order chi connectivity index (χ0) is 20.5. The van der Waals surface area contributed by atoms with Crippen LogP contribution in [-0.2, 0) is 11.2 Å². The summed E-state index contributed by atoms with van der Waals surface area (Å²) in [6.07, 6.45) is 1.42. The highest BCUT2D eigenvalue weighted by atomic mass is 16.5. The van der Waals surface area contributed by atoms with Crippen LogP contribution in [0.25, 0.3) is 0 Å². The van der Waals surface area contributed by atoms with Crippen molar-refractivity contribution in [2.24, 2.45) is 0 Å². The molecular formula is C23H31N3O3. The van der Waals surface area contributed by atoms with E-state index in [1.165, 1.54) is 11.3 Å². The predicted molar refractivity (Wildman–Crippen MR) is 116 cm³/mol. The number of hydrogen-bond acceptors (Lipinski definition) is 5. The lowest BCUT2D eigenvalue weighted by Crippen LogP contribution is -2.49. The minimum absolute atomic E-state index is 0.233. The molecule has 0 unspecified atom stereocenters. The molecule has 29 heavy (non-hydrogen) atoms. The van der Waals surface area contributed by atoms with E-state index < -0.39 is 0 Å². The fraction of sp³-hybridized carbons (Fsp3) is 0.435. The van der Waals surface area contributed by atoms with Crippen LogP contribution in [-0.4, -0.2) is 64.3 Å². The Labute approximate surface area is 173 Å². The number of carbonyl (C=O) groups is 1. The lowest BCUT2D eigenvalue weighted by atomic mass is 10.1. The Morgan fingerprint density at radius 3 is 2.34 bits per heavy atom. The number of methoxy groups -OCH3 is 2. The molecule has 0 atom stereocenters. The molecule has 0 aliphatic carbocycles. The van der Waals surface area contributed by atoms with Crippen molar-refractivity contribution >= 4 is 11.6 Å². The van der Waals surface area contributed by atoms with Gasteiger partial charge in [0.05, 0.1) is 14.2 Å². The first-order valence-electron chi connectivity index (χ1n) is 10.2. The monoisotopic (exact) mass is 397 g/mol. The molecule has 3 rings (SSSR count). The van der Waals surface area contributed by atoms with Gasteiger partial charge in [-0.2, -0.15) is 0 Å². The second-order valence-corrected chi connectivity index (χ2v) is 7.14.